The summed E-state index contributed by atoms with van der Waals surface area (Å²) in [4.78, 5) is 25.9. The normalized spacial score (nSPS) is 14.7. The fourth-order valence-electron chi connectivity index (χ4n) is 3.36. The second kappa shape index (κ2) is 10.4. The Bertz CT molecular complexity index is 1150. The van der Waals surface area contributed by atoms with E-state index >= 15 is 0 Å². The Morgan fingerprint density at radius 3 is 2.85 bits per heavy atom. The average molecular weight is 447 g/mol. The number of methoxy groups -OCH3 is 1. The van der Waals surface area contributed by atoms with Crippen LogP contribution in [-0.4, -0.2) is 48.1 Å². The SMILES string of the molecule is COc1cc(-c2ccccc2OCC2CC(CNC(=O)Nc3ccnc(C)c3)=NO2)ccn1. The zero-order valence-corrected chi connectivity index (χ0v) is 18.4. The zero-order chi connectivity index (χ0) is 23.0. The quantitative estimate of drug-likeness (QED) is 0.544. The van der Waals surface area contributed by atoms with Crippen molar-refractivity contribution in [2.45, 2.75) is 19.4 Å². The van der Waals surface area contributed by atoms with Gasteiger partial charge in [-0.05, 0) is 36.8 Å². The maximum absolute atomic E-state index is 12.1. The molecule has 9 nitrogen and oxygen atoms in total. The van der Waals surface area contributed by atoms with Crippen LogP contribution in [0.25, 0.3) is 11.1 Å². The average Bonchev–Trinajstić information content (AvgIpc) is 3.29. The van der Waals surface area contributed by atoms with Gasteiger partial charge >= 0.3 is 6.03 Å². The molecule has 0 bridgehead atoms. The van der Waals surface area contributed by atoms with Crippen molar-refractivity contribution in [3.05, 3.63) is 66.6 Å². The molecule has 0 fully saturated rings. The summed E-state index contributed by atoms with van der Waals surface area (Å²) in [5, 5.41) is 9.64. The fourth-order valence-corrected chi connectivity index (χ4v) is 3.36. The first-order valence-electron chi connectivity index (χ1n) is 10.5. The van der Waals surface area contributed by atoms with Gasteiger partial charge in [0, 0.05) is 41.8 Å². The number of urea groups is 1. The Hall–Kier alpha value is -4.14. The van der Waals surface area contributed by atoms with Gasteiger partial charge < -0.3 is 24.9 Å². The van der Waals surface area contributed by atoms with E-state index in [0.717, 1.165) is 28.3 Å². The van der Waals surface area contributed by atoms with Gasteiger partial charge in [-0.15, -0.1) is 0 Å². The first-order chi connectivity index (χ1) is 16.1. The van der Waals surface area contributed by atoms with Gasteiger partial charge in [-0.1, -0.05) is 23.4 Å². The number of carbonyl (C=O) groups excluding carboxylic acids is 1. The Labute approximate surface area is 191 Å². The molecule has 0 spiro atoms. The monoisotopic (exact) mass is 447 g/mol. The standard InChI is InChI=1S/C24H25N5O4/c1-16-11-18(8-10-25-16)28-24(30)27-14-19-13-20(33-29-19)15-32-22-6-4-3-5-21(22)17-7-9-26-23(12-17)31-2/h3-12,20H,13-15H2,1-2H3,(H2,25,27,28,30). The van der Waals surface area contributed by atoms with Crippen LogP contribution in [-0.2, 0) is 4.84 Å². The second-order valence-electron chi connectivity index (χ2n) is 7.48. The number of para-hydroxylation sites is 1. The molecule has 2 N–H and O–H groups in total. The van der Waals surface area contributed by atoms with Crippen LogP contribution in [0.3, 0.4) is 0 Å². The summed E-state index contributed by atoms with van der Waals surface area (Å²) in [7, 11) is 1.59. The molecule has 4 rings (SSSR count). The molecular formula is C24H25N5O4. The first kappa shape index (κ1) is 22.1. The van der Waals surface area contributed by atoms with Gasteiger partial charge in [0.05, 0.1) is 19.4 Å². The summed E-state index contributed by atoms with van der Waals surface area (Å²) in [6.07, 6.45) is 3.69. The van der Waals surface area contributed by atoms with Gasteiger partial charge in [-0.25, -0.2) is 9.78 Å². The van der Waals surface area contributed by atoms with Crippen LogP contribution in [0.1, 0.15) is 12.1 Å². The number of anilines is 1. The van der Waals surface area contributed by atoms with Crippen LogP contribution < -0.4 is 20.1 Å². The molecule has 33 heavy (non-hydrogen) atoms. The van der Waals surface area contributed by atoms with Crippen molar-refractivity contribution in [2.75, 3.05) is 25.6 Å². The van der Waals surface area contributed by atoms with Gasteiger partial charge in [0.2, 0.25) is 5.88 Å². The van der Waals surface area contributed by atoms with Gasteiger partial charge in [0.1, 0.15) is 12.4 Å². The number of hydrogen-bond donors (Lipinski definition) is 2. The molecule has 1 unspecified atom stereocenters. The van der Waals surface area contributed by atoms with Crippen LogP contribution in [0, 0.1) is 6.92 Å². The number of amides is 2. The summed E-state index contributed by atoms with van der Waals surface area (Å²) in [6, 6.07) is 14.7. The Balaban J connectivity index is 1.26. The number of aromatic nitrogens is 2. The molecule has 9 heteroatoms. The number of ether oxygens (including phenoxy) is 2. The summed E-state index contributed by atoms with van der Waals surface area (Å²) < 4.78 is 11.3. The van der Waals surface area contributed by atoms with Crippen LogP contribution in [0.5, 0.6) is 11.6 Å². The maximum atomic E-state index is 12.1. The second-order valence-corrected chi connectivity index (χ2v) is 7.48. The predicted octanol–water partition coefficient (Wildman–Crippen LogP) is 3.81. The third-order valence-electron chi connectivity index (χ3n) is 4.97. The van der Waals surface area contributed by atoms with E-state index in [4.69, 9.17) is 14.3 Å². The summed E-state index contributed by atoms with van der Waals surface area (Å²) in [5.41, 5.74) is 4.13. The number of rotatable bonds is 8. The molecule has 1 aliphatic rings. The van der Waals surface area contributed by atoms with Crippen molar-refractivity contribution in [3.63, 3.8) is 0 Å². The van der Waals surface area contributed by atoms with Crippen molar-refractivity contribution in [1.82, 2.24) is 15.3 Å². The largest absolute Gasteiger partial charge is 0.489 e. The molecular weight excluding hydrogens is 422 g/mol. The van der Waals surface area contributed by atoms with Gasteiger partial charge in [0.25, 0.3) is 0 Å². The highest BCUT2D eigenvalue weighted by Crippen LogP contribution is 2.31. The first-order valence-corrected chi connectivity index (χ1v) is 10.5. The lowest BCUT2D eigenvalue weighted by Crippen LogP contribution is -2.33. The predicted molar refractivity (Wildman–Crippen MR) is 125 cm³/mol. The summed E-state index contributed by atoms with van der Waals surface area (Å²) in [6.45, 7) is 2.48. The third-order valence-corrected chi connectivity index (χ3v) is 4.97. The number of nitrogens with one attached hydrogen (secondary N) is 2. The van der Waals surface area contributed by atoms with E-state index in [1.165, 1.54) is 0 Å². The van der Waals surface area contributed by atoms with E-state index < -0.39 is 0 Å². The Morgan fingerprint density at radius 1 is 1.15 bits per heavy atom. The number of nitrogens with zero attached hydrogens (tertiary/aromatic N) is 3. The Kier molecular flexibility index (Phi) is 6.99. The highest BCUT2D eigenvalue weighted by Gasteiger charge is 2.22. The fraction of sp³-hybridized carbons (Fsp3) is 0.250. The Morgan fingerprint density at radius 2 is 2.00 bits per heavy atom. The van der Waals surface area contributed by atoms with Gasteiger partial charge in [0.15, 0.2) is 6.10 Å². The van der Waals surface area contributed by atoms with E-state index in [1.54, 1.807) is 31.6 Å². The molecule has 170 valence electrons. The molecule has 0 radical (unpaired) electrons. The van der Waals surface area contributed by atoms with E-state index in [1.807, 2.05) is 43.3 Å². The number of carbonyl (C=O) groups is 1. The third kappa shape index (κ3) is 5.97. The van der Waals surface area contributed by atoms with E-state index in [2.05, 4.69) is 25.8 Å². The molecule has 1 atom stereocenters. The van der Waals surface area contributed by atoms with Crippen LogP contribution >= 0.6 is 0 Å². The number of oxime groups is 1. The molecule has 3 heterocycles. The van der Waals surface area contributed by atoms with Crippen LogP contribution in [0.15, 0.2) is 66.1 Å². The number of aryl methyl sites for hydroxylation is 1. The maximum Gasteiger partial charge on any atom is 0.319 e. The lowest BCUT2D eigenvalue weighted by Gasteiger charge is -2.14. The van der Waals surface area contributed by atoms with Crippen LogP contribution in [0.2, 0.25) is 0 Å². The molecule has 0 aliphatic carbocycles. The molecule has 2 amide bonds. The van der Waals surface area contributed by atoms with Crippen molar-refractivity contribution < 1.29 is 19.1 Å². The molecule has 1 aromatic carbocycles. The zero-order valence-electron chi connectivity index (χ0n) is 18.4. The smallest absolute Gasteiger partial charge is 0.319 e. The minimum atomic E-state index is -0.315. The van der Waals surface area contributed by atoms with Crippen LogP contribution in [0.4, 0.5) is 10.5 Å². The lowest BCUT2D eigenvalue weighted by atomic mass is 10.1. The highest BCUT2D eigenvalue weighted by molar-refractivity contribution is 5.94. The van der Waals surface area contributed by atoms with Gasteiger partial charge in [-0.3, -0.25) is 4.98 Å². The molecule has 2 aromatic heterocycles. The molecule has 0 saturated heterocycles. The van der Waals surface area contributed by atoms with E-state index in [9.17, 15) is 4.79 Å². The molecule has 3 aromatic rings. The number of hydrogen-bond acceptors (Lipinski definition) is 7. The van der Waals surface area contributed by atoms with E-state index in [-0.39, 0.29) is 12.1 Å². The number of benzene rings is 1. The van der Waals surface area contributed by atoms with Crippen molar-refractivity contribution in [2.24, 2.45) is 5.16 Å². The van der Waals surface area contributed by atoms with Crippen molar-refractivity contribution >= 4 is 17.4 Å². The lowest BCUT2D eigenvalue weighted by molar-refractivity contribution is 0.0472. The summed E-state index contributed by atoms with van der Waals surface area (Å²) >= 11 is 0. The highest BCUT2D eigenvalue weighted by atomic mass is 16.7. The summed E-state index contributed by atoms with van der Waals surface area (Å²) in [5.74, 6) is 1.27. The van der Waals surface area contributed by atoms with Crippen molar-refractivity contribution in [3.8, 4) is 22.8 Å². The van der Waals surface area contributed by atoms with E-state index in [0.29, 0.717) is 31.1 Å². The topological polar surface area (TPSA) is 107 Å². The minimum absolute atomic E-state index is 0.229. The number of pyridine rings is 2. The minimum Gasteiger partial charge on any atom is -0.489 e. The van der Waals surface area contributed by atoms with Crippen molar-refractivity contribution in [1.29, 1.82) is 0 Å². The molecule has 0 saturated carbocycles. The molecule has 1 aliphatic heterocycles. The van der Waals surface area contributed by atoms with Gasteiger partial charge in [-0.2, -0.15) is 0 Å².